The second-order valence-corrected chi connectivity index (χ2v) is 4.51. The number of rotatable bonds is 6. The van der Waals surface area contributed by atoms with Crippen molar-refractivity contribution in [3.63, 3.8) is 0 Å². The number of nitrogens with one attached hydrogen (secondary N) is 1. The lowest BCUT2D eigenvalue weighted by molar-refractivity contribution is 0.0531. The van der Waals surface area contributed by atoms with Crippen LogP contribution in [0.15, 0.2) is 24.5 Å². The topological polar surface area (TPSA) is 47.7 Å². The van der Waals surface area contributed by atoms with E-state index in [0.717, 1.165) is 5.69 Å². The Kier molecular flexibility index (Phi) is 4.26. The van der Waals surface area contributed by atoms with Gasteiger partial charge in [-0.2, -0.15) is 19.0 Å². The highest BCUT2D eigenvalue weighted by atomic mass is 19.3. The third kappa shape index (κ3) is 3.17. The van der Waals surface area contributed by atoms with E-state index in [1.165, 1.54) is 6.20 Å². The Bertz CT molecular complexity index is 471. The van der Waals surface area contributed by atoms with Crippen molar-refractivity contribution < 1.29 is 8.78 Å². The molecule has 0 aromatic carbocycles. The highest BCUT2D eigenvalue weighted by molar-refractivity contribution is 5.03. The molecule has 0 saturated heterocycles. The van der Waals surface area contributed by atoms with E-state index in [1.54, 1.807) is 12.3 Å². The molecule has 2 heterocycles. The van der Waals surface area contributed by atoms with Gasteiger partial charge in [-0.15, -0.1) is 0 Å². The lowest BCUT2D eigenvalue weighted by atomic mass is 10.3. The van der Waals surface area contributed by atoms with Gasteiger partial charge in [0.1, 0.15) is 0 Å². The van der Waals surface area contributed by atoms with Gasteiger partial charge in [-0.05, 0) is 26.0 Å². The summed E-state index contributed by atoms with van der Waals surface area (Å²) in [5.41, 5.74) is 1.49. The number of aromatic nitrogens is 4. The second-order valence-electron chi connectivity index (χ2n) is 4.51. The normalized spacial score (nSPS) is 11.7. The van der Waals surface area contributed by atoms with Crippen molar-refractivity contribution >= 4 is 0 Å². The van der Waals surface area contributed by atoms with Gasteiger partial charge in [-0.1, -0.05) is 0 Å². The van der Waals surface area contributed by atoms with E-state index in [0.29, 0.717) is 23.5 Å². The summed E-state index contributed by atoms with van der Waals surface area (Å²) in [7, 11) is 0. The molecule has 0 unspecified atom stereocenters. The molecule has 0 fully saturated rings. The monoisotopic (exact) mass is 269 g/mol. The van der Waals surface area contributed by atoms with Crippen LogP contribution in [-0.4, -0.2) is 19.6 Å². The van der Waals surface area contributed by atoms with Crippen LogP contribution in [0.5, 0.6) is 0 Å². The minimum atomic E-state index is -2.60. The van der Waals surface area contributed by atoms with E-state index in [9.17, 15) is 8.78 Å². The van der Waals surface area contributed by atoms with Gasteiger partial charge >= 0.3 is 6.55 Å². The van der Waals surface area contributed by atoms with Crippen molar-refractivity contribution in [3.8, 4) is 0 Å². The molecule has 0 aliphatic heterocycles. The molecule has 0 aliphatic carbocycles. The van der Waals surface area contributed by atoms with Gasteiger partial charge < -0.3 is 5.32 Å². The third-order valence-corrected chi connectivity index (χ3v) is 2.79. The fraction of sp³-hybridized carbons (Fsp3) is 0.500. The van der Waals surface area contributed by atoms with Crippen LogP contribution in [-0.2, 0) is 13.1 Å². The zero-order valence-corrected chi connectivity index (χ0v) is 10.9. The van der Waals surface area contributed by atoms with E-state index in [4.69, 9.17) is 0 Å². The van der Waals surface area contributed by atoms with E-state index in [-0.39, 0.29) is 6.04 Å². The fourth-order valence-electron chi connectivity index (χ4n) is 1.92. The van der Waals surface area contributed by atoms with E-state index in [1.807, 2.05) is 24.6 Å². The third-order valence-electron chi connectivity index (χ3n) is 2.79. The van der Waals surface area contributed by atoms with Crippen molar-refractivity contribution in [2.45, 2.75) is 39.5 Å². The molecular formula is C12H17F2N5. The molecule has 0 radical (unpaired) electrons. The Hall–Kier alpha value is -1.76. The summed E-state index contributed by atoms with van der Waals surface area (Å²) in [5, 5.41) is 10.9. The summed E-state index contributed by atoms with van der Waals surface area (Å²) < 4.78 is 27.8. The van der Waals surface area contributed by atoms with Crippen molar-refractivity contribution in [3.05, 3.63) is 35.9 Å². The SMILES string of the molecule is CC(C)n1nccc1CNCc1ccnn1C(F)F. The van der Waals surface area contributed by atoms with Crippen molar-refractivity contribution in [2.75, 3.05) is 0 Å². The number of halogens is 2. The Balaban J connectivity index is 1.93. The molecular weight excluding hydrogens is 252 g/mol. The minimum absolute atomic E-state index is 0.276. The van der Waals surface area contributed by atoms with Gasteiger partial charge in [0.15, 0.2) is 0 Å². The maximum Gasteiger partial charge on any atom is 0.333 e. The van der Waals surface area contributed by atoms with E-state index < -0.39 is 6.55 Å². The first-order valence-electron chi connectivity index (χ1n) is 6.13. The highest BCUT2D eigenvalue weighted by Gasteiger charge is 2.11. The predicted octanol–water partition coefficient (Wildman–Crippen LogP) is 2.35. The van der Waals surface area contributed by atoms with Gasteiger partial charge in [0.2, 0.25) is 0 Å². The number of hydrogen-bond donors (Lipinski definition) is 1. The maximum atomic E-state index is 12.6. The quantitative estimate of drug-likeness (QED) is 0.875. The van der Waals surface area contributed by atoms with Gasteiger partial charge in [-0.3, -0.25) is 4.68 Å². The van der Waals surface area contributed by atoms with Crippen molar-refractivity contribution in [2.24, 2.45) is 0 Å². The second kappa shape index (κ2) is 5.92. The Morgan fingerprint density at radius 2 is 1.58 bits per heavy atom. The van der Waals surface area contributed by atoms with Crippen LogP contribution in [0.1, 0.15) is 37.8 Å². The molecule has 1 N–H and O–H groups in total. The lowest BCUT2D eigenvalue weighted by Gasteiger charge is -2.12. The number of hydrogen-bond acceptors (Lipinski definition) is 3. The summed E-state index contributed by atoms with van der Waals surface area (Å²) in [6.45, 7) is 2.40. The van der Waals surface area contributed by atoms with Crippen LogP contribution in [0.25, 0.3) is 0 Å². The molecule has 19 heavy (non-hydrogen) atoms. The van der Waals surface area contributed by atoms with Gasteiger partial charge in [0.05, 0.1) is 11.4 Å². The van der Waals surface area contributed by atoms with Gasteiger partial charge in [0.25, 0.3) is 0 Å². The molecule has 7 heteroatoms. The highest BCUT2D eigenvalue weighted by Crippen LogP contribution is 2.12. The Morgan fingerprint density at radius 3 is 2.11 bits per heavy atom. The molecule has 0 spiro atoms. The standard InChI is InChI=1S/C12H17F2N5/c1-9(2)18-10(3-5-16-18)7-15-8-11-4-6-17-19(11)12(13)14/h3-6,9,12,15H,7-8H2,1-2H3. The smallest absolute Gasteiger partial charge is 0.306 e. The molecule has 2 aromatic heterocycles. The van der Waals surface area contributed by atoms with Crippen LogP contribution in [0.3, 0.4) is 0 Å². The summed E-state index contributed by atoms with van der Waals surface area (Å²) in [6.07, 6.45) is 3.11. The van der Waals surface area contributed by atoms with Crippen LogP contribution in [0, 0.1) is 0 Å². The van der Waals surface area contributed by atoms with Crippen LogP contribution < -0.4 is 5.32 Å². The molecule has 0 amide bonds. The number of nitrogens with zero attached hydrogens (tertiary/aromatic N) is 4. The molecule has 0 saturated carbocycles. The fourth-order valence-corrected chi connectivity index (χ4v) is 1.92. The first-order valence-corrected chi connectivity index (χ1v) is 6.13. The summed E-state index contributed by atoms with van der Waals surface area (Å²) >= 11 is 0. The molecule has 2 rings (SSSR count). The average molecular weight is 269 g/mol. The molecule has 104 valence electrons. The van der Waals surface area contributed by atoms with Crippen LogP contribution in [0.2, 0.25) is 0 Å². The first-order chi connectivity index (χ1) is 9.09. The maximum absolute atomic E-state index is 12.6. The molecule has 0 aliphatic rings. The van der Waals surface area contributed by atoms with Crippen molar-refractivity contribution in [1.82, 2.24) is 24.9 Å². The first kappa shape index (κ1) is 13.7. The number of alkyl halides is 2. The largest absolute Gasteiger partial charge is 0.333 e. The molecule has 2 aromatic rings. The van der Waals surface area contributed by atoms with Gasteiger partial charge in [0, 0.05) is 31.5 Å². The zero-order valence-electron chi connectivity index (χ0n) is 10.9. The van der Waals surface area contributed by atoms with Crippen molar-refractivity contribution in [1.29, 1.82) is 0 Å². The summed E-state index contributed by atoms with van der Waals surface area (Å²) in [5.74, 6) is 0. The Morgan fingerprint density at radius 1 is 1.05 bits per heavy atom. The Labute approximate surface area is 110 Å². The van der Waals surface area contributed by atoms with Crippen LogP contribution >= 0.6 is 0 Å². The van der Waals surface area contributed by atoms with E-state index in [2.05, 4.69) is 15.5 Å². The van der Waals surface area contributed by atoms with E-state index >= 15 is 0 Å². The zero-order chi connectivity index (χ0) is 13.8. The molecule has 0 atom stereocenters. The molecule has 5 nitrogen and oxygen atoms in total. The summed E-state index contributed by atoms with van der Waals surface area (Å²) in [4.78, 5) is 0. The average Bonchev–Trinajstić information content (AvgIpc) is 2.96. The van der Waals surface area contributed by atoms with Gasteiger partial charge in [-0.25, -0.2) is 4.68 Å². The summed E-state index contributed by atoms with van der Waals surface area (Å²) in [6, 6.07) is 3.77. The molecule has 0 bridgehead atoms. The predicted molar refractivity (Wildman–Crippen MR) is 66.6 cm³/mol. The van der Waals surface area contributed by atoms with Crippen LogP contribution in [0.4, 0.5) is 8.78 Å². The lowest BCUT2D eigenvalue weighted by Crippen LogP contribution is -2.19. The minimum Gasteiger partial charge on any atom is -0.306 e.